The predicted octanol–water partition coefficient (Wildman–Crippen LogP) is 3.35. The minimum absolute atomic E-state index is 0.0564. The number of ketones is 1. The molecule has 0 unspecified atom stereocenters. The zero-order valence-corrected chi connectivity index (χ0v) is 16.2. The van der Waals surface area contributed by atoms with Gasteiger partial charge in [0, 0.05) is 35.0 Å². The van der Waals surface area contributed by atoms with Gasteiger partial charge in [-0.2, -0.15) is 0 Å². The summed E-state index contributed by atoms with van der Waals surface area (Å²) < 4.78 is 21.0. The summed E-state index contributed by atoms with van der Waals surface area (Å²) in [7, 11) is 0. The van der Waals surface area contributed by atoms with Crippen molar-refractivity contribution in [3.63, 3.8) is 0 Å². The molecule has 150 valence electrons. The maximum atomic E-state index is 14.2. The number of amides is 1. The Hall–Kier alpha value is -3.22. The monoisotopic (exact) mass is 395 g/mol. The molecule has 0 bridgehead atoms. The molecule has 6 nitrogen and oxygen atoms in total. The quantitative estimate of drug-likeness (QED) is 0.694. The second-order valence-corrected chi connectivity index (χ2v) is 7.28. The van der Waals surface area contributed by atoms with Crippen LogP contribution in [0.5, 0.6) is 0 Å². The Morgan fingerprint density at radius 1 is 1.28 bits per heavy atom. The second-order valence-electron chi connectivity index (χ2n) is 7.28. The summed E-state index contributed by atoms with van der Waals surface area (Å²) in [6.07, 6.45) is 3.54. The summed E-state index contributed by atoms with van der Waals surface area (Å²) >= 11 is 0. The Morgan fingerprint density at radius 2 is 2.10 bits per heavy atom. The number of hydrogen-bond donors (Lipinski definition) is 1. The maximum Gasteiger partial charge on any atom is 0.224 e. The Kier molecular flexibility index (Phi) is 5.29. The number of nitrogens with zero attached hydrogens (tertiary/aromatic N) is 2. The third-order valence-corrected chi connectivity index (χ3v) is 5.44. The standard InChI is InChI=1S/C22H22FN3O3/c1-14-17(11-21(28)24-12-16-9-10-29-25-16)22-19(7-4-8-20(22)27)26(14)13-15-5-2-3-6-18(15)23/h2-3,5-6,9-10H,4,7-8,11-13H2,1H3,(H,24,28). The first-order chi connectivity index (χ1) is 14.0. The van der Waals surface area contributed by atoms with E-state index >= 15 is 0 Å². The zero-order chi connectivity index (χ0) is 20.4. The van der Waals surface area contributed by atoms with Crippen molar-refractivity contribution in [2.24, 2.45) is 0 Å². The number of halogens is 1. The molecule has 0 atom stereocenters. The molecule has 29 heavy (non-hydrogen) atoms. The Labute approximate surface area is 167 Å². The third kappa shape index (κ3) is 3.85. The first kappa shape index (κ1) is 19.1. The lowest BCUT2D eigenvalue weighted by Gasteiger charge is -2.16. The van der Waals surface area contributed by atoms with Gasteiger partial charge in [0.25, 0.3) is 0 Å². The van der Waals surface area contributed by atoms with Crippen LogP contribution >= 0.6 is 0 Å². The van der Waals surface area contributed by atoms with E-state index in [9.17, 15) is 14.0 Å². The van der Waals surface area contributed by atoms with E-state index in [4.69, 9.17) is 4.52 Å². The Balaban J connectivity index is 1.63. The first-order valence-corrected chi connectivity index (χ1v) is 9.68. The molecule has 0 fully saturated rings. The largest absolute Gasteiger partial charge is 0.364 e. The average Bonchev–Trinajstić information content (AvgIpc) is 3.31. The lowest BCUT2D eigenvalue weighted by atomic mass is 9.92. The van der Waals surface area contributed by atoms with Crippen LogP contribution in [0.2, 0.25) is 0 Å². The molecule has 7 heteroatoms. The molecule has 4 rings (SSSR count). The van der Waals surface area contributed by atoms with Crippen molar-refractivity contribution in [3.05, 3.63) is 76.2 Å². The average molecular weight is 395 g/mol. The summed E-state index contributed by atoms with van der Waals surface area (Å²) in [5, 5.41) is 6.58. The van der Waals surface area contributed by atoms with Gasteiger partial charge in [-0.1, -0.05) is 23.4 Å². The van der Waals surface area contributed by atoms with Crippen molar-refractivity contribution in [3.8, 4) is 0 Å². The van der Waals surface area contributed by atoms with Crippen molar-refractivity contribution in [1.82, 2.24) is 15.0 Å². The maximum absolute atomic E-state index is 14.2. The fraction of sp³-hybridized carbons (Fsp3) is 0.318. The SMILES string of the molecule is Cc1c(CC(=O)NCc2ccon2)c2c(n1Cc1ccccc1F)CCCC2=O. The Bertz CT molecular complexity index is 1050. The van der Waals surface area contributed by atoms with E-state index in [2.05, 4.69) is 10.5 Å². The molecular formula is C22H22FN3O3. The minimum Gasteiger partial charge on any atom is -0.364 e. The molecule has 1 aliphatic rings. The van der Waals surface area contributed by atoms with Crippen LogP contribution in [0.4, 0.5) is 4.39 Å². The molecule has 0 spiro atoms. The van der Waals surface area contributed by atoms with Gasteiger partial charge in [0.15, 0.2) is 5.78 Å². The molecule has 0 saturated carbocycles. The van der Waals surface area contributed by atoms with Crippen molar-refractivity contribution in [2.75, 3.05) is 0 Å². The van der Waals surface area contributed by atoms with Gasteiger partial charge in [-0.05, 0) is 31.4 Å². The van der Waals surface area contributed by atoms with Gasteiger partial charge >= 0.3 is 0 Å². The van der Waals surface area contributed by atoms with Crippen LogP contribution in [-0.2, 0) is 30.7 Å². The fourth-order valence-electron chi connectivity index (χ4n) is 3.95. The minimum atomic E-state index is -0.275. The number of benzene rings is 1. The lowest BCUT2D eigenvalue weighted by Crippen LogP contribution is -2.25. The third-order valence-electron chi connectivity index (χ3n) is 5.44. The summed E-state index contributed by atoms with van der Waals surface area (Å²) in [5.41, 5.74) is 4.31. The number of rotatable bonds is 6. The number of Topliss-reactive ketones (excluding diaryl/α,β-unsaturated/α-hetero) is 1. The van der Waals surface area contributed by atoms with E-state index in [1.165, 1.54) is 12.3 Å². The summed E-state index contributed by atoms with van der Waals surface area (Å²) in [5.74, 6) is -0.412. The molecule has 0 saturated heterocycles. The number of fused-ring (bicyclic) bond motifs is 1. The van der Waals surface area contributed by atoms with E-state index in [1.54, 1.807) is 24.3 Å². The highest BCUT2D eigenvalue weighted by Crippen LogP contribution is 2.31. The van der Waals surface area contributed by atoms with E-state index in [0.29, 0.717) is 29.8 Å². The Morgan fingerprint density at radius 3 is 2.86 bits per heavy atom. The van der Waals surface area contributed by atoms with Crippen LogP contribution in [0, 0.1) is 12.7 Å². The molecule has 1 aromatic carbocycles. The van der Waals surface area contributed by atoms with E-state index in [0.717, 1.165) is 29.8 Å². The molecule has 1 N–H and O–H groups in total. The molecule has 1 amide bonds. The second kappa shape index (κ2) is 8.03. The van der Waals surface area contributed by atoms with Gasteiger partial charge in [0.05, 0.1) is 19.5 Å². The number of aromatic nitrogens is 2. The summed E-state index contributed by atoms with van der Waals surface area (Å²) in [6, 6.07) is 8.32. The molecule has 2 aromatic heterocycles. The number of nitrogens with one attached hydrogen (secondary N) is 1. The number of hydrogen-bond acceptors (Lipinski definition) is 4. The van der Waals surface area contributed by atoms with Crippen LogP contribution < -0.4 is 5.32 Å². The van der Waals surface area contributed by atoms with Crippen LogP contribution in [0.25, 0.3) is 0 Å². The fourth-order valence-corrected chi connectivity index (χ4v) is 3.95. The van der Waals surface area contributed by atoms with Crippen molar-refractivity contribution in [1.29, 1.82) is 0 Å². The van der Waals surface area contributed by atoms with Gasteiger partial charge in [-0.3, -0.25) is 9.59 Å². The van der Waals surface area contributed by atoms with Crippen LogP contribution in [0.1, 0.15) is 51.4 Å². The topological polar surface area (TPSA) is 77.1 Å². The summed E-state index contributed by atoms with van der Waals surface area (Å²) in [4.78, 5) is 25.2. The van der Waals surface area contributed by atoms with Gasteiger partial charge in [0.1, 0.15) is 17.8 Å². The van der Waals surface area contributed by atoms with Gasteiger partial charge < -0.3 is 14.4 Å². The molecule has 1 aliphatic carbocycles. The lowest BCUT2D eigenvalue weighted by molar-refractivity contribution is -0.120. The summed E-state index contributed by atoms with van der Waals surface area (Å²) in [6.45, 7) is 2.50. The highest BCUT2D eigenvalue weighted by atomic mass is 19.1. The van der Waals surface area contributed by atoms with E-state index in [-0.39, 0.29) is 30.5 Å². The molecular weight excluding hydrogens is 373 g/mol. The highest BCUT2D eigenvalue weighted by molar-refractivity contribution is 6.01. The smallest absolute Gasteiger partial charge is 0.224 e. The van der Waals surface area contributed by atoms with Crippen LogP contribution in [0.15, 0.2) is 41.1 Å². The van der Waals surface area contributed by atoms with Crippen LogP contribution in [0.3, 0.4) is 0 Å². The first-order valence-electron chi connectivity index (χ1n) is 9.68. The van der Waals surface area contributed by atoms with Crippen molar-refractivity contribution >= 4 is 11.7 Å². The van der Waals surface area contributed by atoms with Crippen LogP contribution in [-0.4, -0.2) is 21.4 Å². The van der Waals surface area contributed by atoms with Crippen molar-refractivity contribution < 1.29 is 18.5 Å². The highest BCUT2D eigenvalue weighted by Gasteiger charge is 2.29. The molecule has 2 heterocycles. The molecule has 0 radical (unpaired) electrons. The number of carbonyl (C=O) groups is 2. The number of carbonyl (C=O) groups excluding carboxylic acids is 2. The zero-order valence-electron chi connectivity index (χ0n) is 16.2. The van der Waals surface area contributed by atoms with E-state index < -0.39 is 0 Å². The van der Waals surface area contributed by atoms with Gasteiger partial charge in [0.2, 0.25) is 5.91 Å². The van der Waals surface area contributed by atoms with Gasteiger partial charge in [-0.15, -0.1) is 0 Å². The predicted molar refractivity (Wildman–Crippen MR) is 104 cm³/mol. The normalized spacial score (nSPS) is 13.4. The molecule has 3 aromatic rings. The van der Waals surface area contributed by atoms with E-state index in [1.807, 2.05) is 11.5 Å². The molecule has 0 aliphatic heterocycles. The van der Waals surface area contributed by atoms with Crippen molar-refractivity contribution in [2.45, 2.75) is 45.7 Å². The van der Waals surface area contributed by atoms with Gasteiger partial charge in [-0.25, -0.2) is 4.39 Å².